The molecule has 0 spiro atoms. The van der Waals surface area contributed by atoms with Crippen molar-refractivity contribution >= 4 is 0 Å². The van der Waals surface area contributed by atoms with Gasteiger partial charge in [0.1, 0.15) is 6.54 Å². The zero-order chi connectivity index (χ0) is 10.1. The van der Waals surface area contributed by atoms with Crippen LogP contribution in [0.3, 0.4) is 0 Å². The second-order valence-electron chi connectivity index (χ2n) is 3.39. The standard InChI is InChI=1S/C9H12F3N/c1-7(2)8-3-4-13(5-8)6-9(10,11)12/h3-5,7H,6H2,1-2H3. The van der Waals surface area contributed by atoms with Crippen LogP contribution in [0.4, 0.5) is 13.2 Å². The molecule has 0 aliphatic rings. The first-order valence-corrected chi connectivity index (χ1v) is 4.11. The molecule has 1 aromatic rings. The van der Waals surface area contributed by atoms with E-state index in [0.717, 1.165) is 10.1 Å². The Morgan fingerprint density at radius 1 is 1.38 bits per heavy atom. The van der Waals surface area contributed by atoms with E-state index in [2.05, 4.69) is 0 Å². The molecule has 0 aromatic carbocycles. The van der Waals surface area contributed by atoms with Crippen molar-refractivity contribution in [1.82, 2.24) is 4.57 Å². The van der Waals surface area contributed by atoms with E-state index in [-0.39, 0.29) is 5.92 Å². The van der Waals surface area contributed by atoms with Crippen molar-refractivity contribution in [1.29, 1.82) is 0 Å². The fourth-order valence-electron chi connectivity index (χ4n) is 1.11. The first-order chi connectivity index (χ1) is 5.88. The minimum atomic E-state index is -4.13. The highest BCUT2D eigenvalue weighted by Gasteiger charge is 2.27. The van der Waals surface area contributed by atoms with Crippen molar-refractivity contribution < 1.29 is 13.2 Å². The minimum Gasteiger partial charge on any atom is -0.345 e. The van der Waals surface area contributed by atoms with Gasteiger partial charge in [-0.1, -0.05) is 13.8 Å². The van der Waals surface area contributed by atoms with Crippen molar-refractivity contribution in [3.8, 4) is 0 Å². The largest absolute Gasteiger partial charge is 0.406 e. The number of nitrogens with zero attached hydrogens (tertiary/aromatic N) is 1. The first-order valence-electron chi connectivity index (χ1n) is 4.11. The van der Waals surface area contributed by atoms with E-state index in [1.807, 2.05) is 13.8 Å². The maximum atomic E-state index is 11.9. The third kappa shape index (κ3) is 3.13. The van der Waals surface area contributed by atoms with Crippen LogP contribution in [-0.2, 0) is 6.54 Å². The summed E-state index contributed by atoms with van der Waals surface area (Å²) < 4.78 is 37.0. The van der Waals surface area contributed by atoms with Gasteiger partial charge < -0.3 is 4.57 Å². The lowest BCUT2D eigenvalue weighted by atomic mass is 10.1. The minimum absolute atomic E-state index is 0.273. The fraction of sp³-hybridized carbons (Fsp3) is 0.556. The summed E-state index contributed by atoms with van der Waals surface area (Å²) >= 11 is 0. The van der Waals surface area contributed by atoms with Gasteiger partial charge in [-0.15, -0.1) is 0 Å². The van der Waals surface area contributed by atoms with Gasteiger partial charge in [-0.25, -0.2) is 0 Å². The van der Waals surface area contributed by atoms with Gasteiger partial charge in [0.15, 0.2) is 0 Å². The van der Waals surface area contributed by atoms with Gasteiger partial charge in [0.05, 0.1) is 0 Å². The van der Waals surface area contributed by atoms with Crippen molar-refractivity contribution in [2.24, 2.45) is 0 Å². The summed E-state index contributed by atoms with van der Waals surface area (Å²) in [5.41, 5.74) is 0.934. The normalized spacial score (nSPS) is 12.5. The monoisotopic (exact) mass is 191 g/mol. The van der Waals surface area contributed by atoms with E-state index in [0.29, 0.717) is 0 Å². The number of hydrogen-bond acceptors (Lipinski definition) is 0. The number of aromatic nitrogens is 1. The maximum absolute atomic E-state index is 11.9. The van der Waals surface area contributed by atoms with Crippen LogP contribution < -0.4 is 0 Å². The van der Waals surface area contributed by atoms with Crippen LogP contribution >= 0.6 is 0 Å². The number of rotatable bonds is 2. The number of hydrogen-bond donors (Lipinski definition) is 0. The van der Waals surface area contributed by atoms with Gasteiger partial charge in [0, 0.05) is 12.4 Å². The first kappa shape index (κ1) is 10.2. The third-order valence-electron chi connectivity index (χ3n) is 1.80. The lowest BCUT2D eigenvalue weighted by Gasteiger charge is -2.06. The van der Waals surface area contributed by atoms with E-state index >= 15 is 0 Å². The SMILES string of the molecule is CC(C)c1ccn(CC(F)(F)F)c1. The zero-order valence-electron chi connectivity index (χ0n) is 7.60. The summed E-state index contributed by atoms with van der Waals surface area (Å²) in [4.78, 5) is 0. The Kier molecular flexibility index (Phi) is 2.68. The molecular weight excluding hydrogens is 179 g/mol. The average molecular weight is 191 g/mol. The molecule has 13 heavy (non-hydrogen) atoms. The molecule has 0 fully saturated rings. The Hall–Kier alpha value is -0.930. The highest BCUT2D eigenvalue weighted by atomic mass is 19.4. The van der Waals surface area contributed by atoms with Gasteiger partial charge in [-0.05, 0) is 17.5 Å². The Bertz CT molecular complexity index is 273. The molecule has 0 amide bonds. The van der Waals surface area contributed by atoms with Crippen LogP contribution in [0.5, 0.6) is 0 Å². The Balaban J connectivity index is 2.70. The van der Waals surface area contributed by atoms with Gasteiger partial charge in [0.2, 0.25) is 0 Å². The topological polar surface area (TPSA) is 4.93 Å². The van der Waals surface area contributed by atoms with Crippen LogP contribution in [0.15, 0.2) is 18.5 Å². The Morgan fingerprint density at radius 2 is 2.00 bits per heavy atom. The Morgan fingerprint density at radius 3 is 2.38 bits per heavy atom. The maximum Gasteiger partial charge on any atom is 0.406 e. The quantitative estimate of drug-likeness (QED) is 0.676. The summed E-state index contributed by atoms with van der Waals surface area (Å²) in [6.07, 6.45) is -1.13. The third-order valence-corrected chi connectivity index (χ3v) is 1.80. The molecule has 0 aliphatic heterocycles. The van der Waals surface area contributed by atoms with Crippen LogP contribution in [0.2, 0.25) is 0 Å². The molecule has 1 heterocycles. The Labute approximate surface area is 75.2 Å². The molecule has 1 rings (SSSR count). The second kappa shape index (κ2) is 3.44. The summed E-state index contributed by atoms with van der Waals surface area (Å²) in [6, 6.07) is 1.72. The van der Waals surface area contributed by atoms with Gasteiger partial charge in [-0.2, -0.15) is 13.2 Å². The highest BCUT2D eigenvalue weighted by molar-refractivity contribution is 5.14. The van der Waals surface area contributed by atoms with Crippen molar-refractivity contribution in [3.63, 3.8) is 0 Å². The summed E-state index contributed by atoms with van der Waals surface area (Å²) in [5, 5.41) is 0. The van der Waals surface area contributed by atoms with Crippen LogP contribution in [-0.4, -0.2) is 10.7 Å². The van der Waals surface area contributed by atoms with E-state index < -0.39 is 12.7 Å². The van der Waals surface area contributed by atoms with Crippen LogP contribution in [0.1, 0.15) is 25.3 Å². The molecule has 0 atom stereocenters. The second-order valence-corrected chi connectivity index (χ2v) is 3.39. The molecule has 1 nitrogen and oxygen atoms in total. The predicted molar refractivity (Wildman–Crippen MR) is 44.6 cm³/mol. The van der Waals surface area contributed by atoms with Crippen LogP contribution in [0.25, 0.3) is 0 Å². The van der Waals surface area contributed by atoms with Gasteiger partial charge in [0.25, 0.3) is 0 Å². The molecule has 0 radical (unpaired) electrons. The summed E-state index contributed by atoms with van der Waals surface area (Å²) in [7, 11) is 0. The molecule has 0 N–H and O–H groups in total. The van der Waals surface area contributed by atoms with E-state index in [1.165, 1.54) is 12.4 Å². The zero-order valence-corrected chi connectivity index (χ0v) is 7.60. The average Bonchev–Trinajstić information content (AvgIpc) is 2.31. The van der Waals surface area contributed by atoms with Crippen molar-refractivity contribution in [2.45, 2.75) is 32.5 Å². The van der Waals surface area contributed by atoms with Gasteiger partial charge >= 0.3 is 6.18 Å². The molecule has 0 aliphatic carbocycles. The van der Waals surface area contributed by atoms with E-state index in [4.69, 9.17) is 0 Å². The molecule has 0 saturated carbocycles. The molecule has 4 heteroatoms. The highest BCUT2D eigenvalue weighted by Crippen LogP contribution is 2.20. The molecule has 0 unspecified atom stereocenters. The van der Waals surface area contributed by atoms with E-state index in [1.54, 1.807) is 6.07 Å². The lowest BCUT2D eigenvalue weighted by Crippen LogP contribution is -2.16. The lowest BCUT2D eigenvalue weighted by molar-refractivity contribution is -0.140. The van der Waals surface area contributed by atoms with Crippen molar-refractivity contribution in [3.05, 3.63) is 24.0 Å². The molecule has 0 saturated heterocycles. The molecule has 74 valence electrons. The van der Waals surface area contributed by atoms with Gasteiger partial charge in [-0.3, -0.25) is 0 Å². The van der Waals surface area contributed by atoms with Crippen molar-refractivity contribution in [2.75, 3.05) is 0 Å². The molecule has 0 bridgehead atoms. The summed E-state index contributed by atoms with van der Waals surface area (Å²) in [5.74, 6) is 0.273. The predicted octanol–water partition coefficient (Wildman–Crippen LogP) is 3.17. The summed E-state index contributed by atoms with van der Waals surface area (Å²) in [6.45, 7) is 3.00. The number of halogens is 3. The molecule has 1 aromatic heterocycles. The fourth-order valence-corrected chi connectivity index (χ4v) is 1.11. The number of alkyl halides is 3. The van der Waals surface area contributed by atoms with E-state index in [9.17, 15) is 13.2 Å². The smallest absolute Gasteiger partial charge is 0.345 e. The van der Waals surface area contributed by atoms with Crippen LogP contribution in [0, 0.1) is 0 Å². The molecular formula is C9H12F3N.